The van der Waals surface area contributed by atoms with Crippen molar-refractivity contribution in [1.82, 2.24) is 15.1 Å². The number of hydrogen-bond donors (Lipinski definition) is 1. The number of rotatable bonds is 3. The van der Waals surface area contributed by atoms with Crippen LogP contribution in [0.3, 0.4) is 0 Å². The molecule has 3 saturated heterocycles. The number of hydrogen-bond acceptors (Lipinski definition) is 4. The van der Waals surface area contributed by atoms with Gasteiger partial charge in [0.1, 0.15) is 5.76 Å². The van der Waals surface area contributed by atoms with Crippen LogP contribution in [-0.4, -0.2) is 54.3 Å². The fraction of sp³-hybridized carbons (Fsp3) is 0.684. The van der Waals surface area contributed by atoms with Crippen LogP contribution >= 0.6 is 0 Å². The molecule has 136 valence electrons. The lowest BCUT2D eigenvalue weighted by molar-refractivity contribution is -0.138. The largest absolute Gasteiger partial charge is 0.468 e. The Kier molecular flexibility index (Phi) is 4.54. The van der Waals surface area contributed by atoms with Crippen molar-refractivity contribution in [2.75, 3.05) is 32.7 Å². The van der Waals surface area contributed by atoms with Crippen molar-refractivity contribution in [3.05, 3.63) is 24.2 Å². The Morgan fingerprint density at radius 1 is 1.28 bits per heavy atom. The fourth-order valence-corrected chi connectivity index (χ4v) is 4.60. The van der Waals surface area contributed by atoms with Gasteiger partial charge in [-0.15, -0.1) is 0 Å². The second-order valence-corrected chi connectivity index (χ2v) is 7.78. The Labute approximate surface area is 148 Å². The molecule has 3 aliphatic rings. The SMILES string of the molecule is O=C(C1CCN(Cc2ccco2)CC1)N1CC[C@]2(CCCNC2=O)C1. The van der Waals surface area contributed by atoms with E-state index < -0.39 is 0 Å². The summed E-state index contributed by atoms with van der Waals surface area (Å²) in [4.78, 5) is 29.5. The van der Waals surface area contributed by atoms with Gasteiger partial charge in [0.15, 0.2) is 0 Å². The topological polar surface area (TPSA) is 65.8 Å². The first-order chi connectivity index (χ1) is 12.2. The van der Waals surface area contributed by atoms with E-state index in [2.05, 4.69) is 10.2 Å². The molecule has 0 radical (unpaired) electrons. The van der Waals surface area contributed by atoms with E-state index in [1.165, 1.54) is 0 Å². The van der Waals surface area contributed by atoms with E-state index in [0.717, 1.165) is 70.6 Å². The van der Waals surface area contributed by atoms with Crippen LogP contribution in [-0.2, 0) is 16.1 Å². The molecular weight excluding hydrogens is 318 g/mol. The first-order valence-electron chi connectivity index (χ1n) is 9.48. The summed E-state index contributed by atoms with van der Waals surface area (Å²) in [5, 5.41) is 2.99. The number of carbonyl (C=O) groups excluding carboxylic acids is 2. The minimum Gasteiger partial charge on any atom is -0.468 e. The molecule has 1 aromatic heterocycles. The number of carbonyl (C=O) groups is 2. The molecule has 0 bridgehead atoms. The van der Waals surface area contributed by atoms with E-state index in [-0.39, 0.29) is 23.1 Å². The zero-order valence-corrected chi connectivity index (χ0v) is 14.7. The van der Waals surface area contributed by atoms with Gasteiger partial charge in [-0.2, -0.15) is 0 Å². The van der Waals surface area contributed by atoms with Crippen LogP contribution in [0.5, 0.6) is 0 Å². The van der Waals surface area contributed by atoms with Crippen molar-refractivity contribution in [2.45, 2.75) is 38.6 Å². The predicted octanol–water partition coefficient (Wildman–Crippen LogP) is 1.62. The second-order valence-electron chi connectivity index (χ2n) is 7.78. The summed E-state index contributed by atoms with van der Waals surface area (Å²) in [5.41, 5.74) is -0.312. The maximum Gasteiger partial charge on any atom is 0.228 e. The molecule has 25 heavy (non-hydrogen) atoms. The van der Waals surface area contributed by atoms with Crippen LogP contribution in [0.4, 0.5) is 0 Å². The Balaban J connectivity index is 1.30. The Morgan fingerprint density at radius 2 is 2.12 bits per heavy atom. The quantitative estimate of drug-likeness (QED) is 0.904. The lowest BCUT2D eigenvalue weighted by atomic mass is 9.79. The number of likely N-dealkylation sites (tertiary alicyclic amines) is 2. The number of nitrogens with one attached hydrogen (secondary N) is 1. The highest BCUT2D eigenvalue weighted by Crippen LogP contribution is 2.38. The lowest BCUT2D eigenvalue weighted by Gasteiger charge is -2.34. The molecule has 0 aliphatic carbocycles. The van der Waals surface area contributed by atoms with E-state index in [0.29, 0.717) is 6.54 Å². The Hall–Kier alpha value is -1.82. The average Bonchev–Trinajstić information content (AvgIpc) is 3.29. The smallest absolute Gasteiger partial charge is 0.228 e. The molecule has 0 aromatic carbocycles. The molecule has 1 N–H and O–H groups in total. The number of piperidine rings is 2. The molecule has 4 rings (SSSR count). The lowest BCUT2D eigenvalue weighted by Crippen LogP contribution is -2.48. The Morgan fingerprint density at radius 3 is 2.84 bits per heavy atom. The van der Waals surface area contributed by atoms with Crippen LogP contribution in [0.15, 0.2) is 22.8 Å². The normalized spacial score (nSPS) is 28.5. The highest BCUT2D eigenvalue weighted by molar-refractivity contribution is 5.86. The van der Waals surface area contributed by atoms with Gasteiger partial charge in [-0.1, -0.05) is 0 Å². The van der Waals surface area contributed by atoms with Gasteiger partial charge in [-0.3, -0.25) is 14.5 Å². The van der Waals surface area contributed by atoms with Gasteiger partial charge < -0.3 is 14.6 Å². The van der Waals surface area contributed by atoms with Gasteiger partial charge in [0.2, 0.25) is 11.8 Å². The van der Waals surface area contributed by atoms with E-state index in [1.54, 1.807) is 6.26 Å². The van der Waals surface area contributed by atoms with Gasteiger partial charge in [0, 0.05) is 25.6 Å². The summed E-state index contributed by atoms with van der Waals surface area (Å²) >= 11 is 0. The molecule has 0 saturated carbocycles. The van der Waals surface area contributed by atoms with Gasteiger partial charge in [-0.05, 0) is 57.3 Å². The monoisotopic (exact) mass is 345 g/mol. The van der Waals surface area contributed by atoms with E-state index >= 15 is 0 Å². The van der Waals surface area contributed by atoms with Crippen molar-refractivity contribution in [3.8, 4) is 0 Å². The molecule has 2 amide bonds. The first-order valence-corrected chi connectivity index (χ1v) is 9.48. The molecule has 1 spiro atoms. The molecule has 6 heteroatoms. The van der Waals surface area contributed by atoms with Gasteiger partial charge >= 0.3 is 0 Å². The number of amides is 2. The Bertz CT molecular complexity index is 622. The van der Waals surface area contributed by atoms with Crippen LogP contribution in [0.2, 0.25) is 0 Å². The second kappa shape index (κ2) is 6.83. The number of nitrogens with zero attached hydrogens (tertiary/aromatic N) is 2. The van der Waals surface area contributed by atoms with Crippen LogP contribution in [0.25, 0.3) is 0 Å². The summed E-state index contributed by atoms with van der Waals surface area (Å²) in [5.74, 6) is 1.50. The molecule has 3 fully saturated rings. The third-order valence-electron chi connectivity index (χ3n) is 6.16. The highest BCUT2D eigenvalue weighted by Gasteiger charge is 2.47. The molecule has 3 aliphatic heterocycles. The van der Waals surface area contributed by atoms with Gasteiger partial charge in [0.25, 0.3) is 0 Å². The number of furan rings is 1. The summed E-state index contributed by atoms with van der Waals surface area (Å²) in [6.07, 6.45) is 6.27. The molecule has 1 aromatic rings. The van der Waals surface area contributed by atoms with E-state index in [9.17, 15) is 9.59 Å². The van der Waals surface area contributed by atoms with Crippen LogP contribution < -0.4 is 5.32 Å². The molecular formula is C19H27N3O3. The highest BCUT2D eigenvalue weighted by atomic mass is 16.3. The van der Waals surface area contributed by atoms with E-state index in [1.807, 2.05) is 17.0 Å². The van der Waals surface area contributed by atoms with Crippen molar-refractivity contribution < 1.29 is 14.0 Å². The third kappa shape index (κ3) is 3.32. The average molecular weight is 345 g/mol. The van der Waals surface area contributed by atoms with E-state index in [4.69, 9.17) is 4.42 Å². The standard InChI is InChI=1S/C19H27N3O3/c23-17(22-11-7-19(14-22)6-2-8-20-18(19)24)15-4-9-21(10-5-15)13-16-3-1-12-25-16/h1,3,12,15H,2,4-11,13-14H2,(H,20,24)/t19-/m1/s1. The molecule has 6 nitrogen and oxygen atoms in total. The third-order valence-corrected chi connectivity index (χ3v) is 6.16. The molecule has 0 unspecified atom stereocenters. The first kappa shape index (κ1) is 16.6. The zero-order chi connectivity index (χ0) is 17.3. The zero-order valence-electron chi connectivity index (χ0n) is 14.7. The van der Waals surface area contributed by atoms with Crippen LogP contribution in [0.1, 0.15) is 37.9 Å². The summed E-state index contributed by atoms with van der Waals surface area (Å²) in [7, 11) is 0. The summed E-state index contributed by atoms with van der Waals surface area (Å²) in [6.45, 7) is 4.81. The van der Waals surface area contributed by atoms with Crippen molar-refractivity contribution in [1.29, 1.82) is 0 Å². The minimum atomic E-state index is -0.312. The van der Waals surface area contributed by atoms with Crippen LogP contribution in [0, 0.1) is 11.3 Å². The minimum absolute atomic E-state index is 0.106. The van der Waals surface area contributed by atoms with Crippen molar-refractivity contribution >= 4 is 11.8 Å². The molecule has 4 heterocycles. The maximum absolute atomic E-state index is 12.9. The molecule has 1 atom stereocenters. The summed E-state index contributed by atoms with van der Waals surface area (Å²) in [6, 6.07) is 3.91. The van der Waals surface area contributed by atoms with Gasteiger partial charge in [0.05, 0.1) is 18.2 Å². The summed E-state index contributed by atoms with van der Waals surface area (Å²) < 4.78 is 5.41. The fourth-order valence-electron chi connectivity index (χ4n) is 4.60. The predicted molar refractivity (Wildman–Crippen MR) is 92.6 cm³/mol. The van der Waals surface area contributed by atoms with Crippen molar-refractivity contribution in [2.24, 2.45) is 11.3 Å². The maximum atomic E-state index is 12.9. The van der Waals surface area contributed by atoms with Crippen molar-refractivity contribution in [3.63, 3.8) is 0 Å². The van der Waals surface area contributed by atoms with Gasteiger partial charge in [-0.25, -0.2) is 0 Å².